The van der Waals surface area contributed by atoms with E-state index in [1.54, 1.807) is 50.8 Å². The van der Waals surface area contributed by atoms with Crippen LogP contribution in [0.15, 0.2) is 48.5 Å². The SMILES string of the molecule is CCCCCNC(=O)C(c1ccc(O)c(C)c1)N(C(=O)C(Cc1ccccc1)NC(=O)OC(C)(C)C)C(C)CC. The van der Waals surface area contributed by atoms with Gasteiger partial charge in [0.25, 0.3) is 0 Å². The topological polar surface area (TPSA) is 108 Å². The number of ether oxygens (including phenoxy) is 1. The molecule has 40 heavy (non-hydrogen) atoms. The standard InChI is InChI=1S/C32H47N3O5/c1-8-10-14-19-33-29(37)28(25-17-18-27(36)22(3)20-25)35(23(4)9-2)30(38)26(21-24-15-12-11-13-16-24)34-31(39)40-32(5,6)7/h11-13,15-18,20,23,26,28,36H,8-10,14,19,21H2,1-7H3,(H,33,37)(H,34,39). The number of carbonyl (C=O) groups is 3. The van der Waals surface area contributed by atoms with Gasteiger partial charge in [0.1, 0.15) is 23.4 Å². The molecule has 0 bridgehead atoms. The maximum Gasteiger partial charge on any atom is 0.408 e. The van der Waals surface area contributed by atoms with Crippen LogP contribution in [0.4, 0.5) is 4.79 Å². The Morgan fingerprint density at radius 3 is 2.27 bits per heavy atom. The quantitative estimate of drug-likeness (QED) is 0.271. The van der Waals surface area contributed by atoms with Crippen LogP contribution in [0.5, 0.6) is 5.75 Å². The lowest BCUT2D eigenvalue weighted by atomic mass is 9.96. The molecule has 2 aromatic carbocycles. The minimum absolute atomic E-state index is 0.112. The van der Waals surface area contributed by atoms with Gasteiger partial charge >= 0.3 is 6.09 Å². The summed E-state index contributed by atoms with van der Waals surface area (Å²) in [5.74, 6) is -0.574. The van der Waals surface area contributed by atoms with Crippen molar-refractivity contribution in [3.8, 4) is 5.75 Å². The third-order valence-corrected chi connectivity index (χ3v) is 6.73. The summed E-state index contributed by atoms with van der Waals surface area (Å²) in [6.07, 6.45) is 2.95. The second-order valence-electron chi connectivity index (χ2n) is 11.3. The molecule has 0 spiro atoms. The second kappa shape index (κ2) is 15.3. The number of carbonyl (C=O) groups excluding carboxylic acids is 3. The Hall–Kier alpha value is -3.55. The predicted molar refractivity (Wildman–Crippen MR) is 158 cm³/mol. The minimum atomic E-state index is -0.972. The number of nitrogens with zero attached hydrogens (tertiary/aromatic N) is 1. The van der Waals surface area contributed by atoms with Crippen LogP contribution < -0.4 is 10.6 Å². The number of hydrogen-bond acceptors (Lipinski definition) is 5. The van der Waals surface area contributed by atoms with Gasteiger partial charge in [-0.2, -0.15) is 0 Å². The number of amides is 3. The molecule has 0 radical (unpaired) electrons. The number of unbranched alkanes of at least 4 members (excludes halogenated alkanes) is 2. The minimum Gasteiger partial charge on any atom is -0.508 e. The van der Waals surface area contributed by atoms with Gasteiger partial charge in [-0.25, -0.2) is 4.79 Å². The fourth-order valence-electron chi connectivity index (χ4n) is 4.45. The van der Waals surface area contributed by atoms with E-state index >= 15 is 0 Å². The number of nitrogens with one attached hydrogen (secondary N) is 2. The van der Waals surface area contributed by atoms with Crippen LogP contribution in [0, 0.1) is 6.92 Å². The van der Waals surface area contributed by atoms with E-state index in [2.05, 4.69) is 17.6 Å². The third-order valence-electron chi connectivity index (χ3n) is 6.73. The highest BCUT2D eigenvalue weighted by Crippen LogP contribution is 2.29. The molecule has 2 rings (SSSR count). The maximum atomic E-state index is 14.4. The number of phenols is 1. The molecule has 8 heteroatoms. The number of alkyl carbamates (subject to hydrolysis) is 1. The van der Waals surface area contributed by atoms with Gasteiger partial charge in [0, 0.05) is 19.0 Å². The first kappa shape index (κ1) is 32.7. The number of aromatic hydroxyl groups is 1. The number of aryl methyl sites for hydroxylation is 1. The highest BCUT2D eigenvalue weighted by atomic mass is 16.6. The second-order valence-corrected chi connectivity index (χ2v) is 11.3. The van der Waals surface area contributed by atoms with Crippen LogP contribution in [0.2, 0.25) is 0 Å². The van der Waals surface area contributed by atoms with Crippen molar-refractivity contribution in [1.29, 1.82) is 0 Å². The van der Waals surface area contributed by atoms with Crippen molar-refractivity contribution in [2.24, 2.45) is 0 Å². The van der Waals surface area contributed by atoms with E-state index in [4.69, 9.17) is 4.74 Å². The molecule has 0 aliphatic carbocycles. The van der Waals surface area contributed by atoms with E-state index in [0.717, 1.165) is 24.8 Å². The molecule has 220 valence electrons. The van der Waals surface area contributed by atoms with Gasteiger partial charge in [0.15, 0.2) is 0 Å². The first-order valence-corrected chi connectivity index (χ1v) is 14.3. The lowest BCUT2D eigenvalue weighted by molar-refractivity contribution is -0.145. The lowest BCUT2D eigenvalue weighted by Gasteiger charge is -2.38. The number of benzene rings is 2. The summed E-state index contributed by atoms with van der Waals surface area (Å²) < 4.78 is 5.49. The molecule has 3 unspecified atom stereocenters. The van der Waals surface area contributed by atoms with Crippen molar-refractivity contribution < 1.29 is 24.2 Å². The Morgan fingerprint density at radius 2 is 1.70 bits per heavy atom. The zero-order valence-corrected chi connectivity index (χ0v) is 25.1. The molecular formula is C32H47N3O5. The summed E-state index contributed by atoms with van der Waals surface area (Å²) in [5.41, 5.74) is 1.31. The molecule has 3 N–H and O–H groups in total. The fourth-order valence-corrected chi connectivity index (χ4v) is 4.45. The van der Waals surface area contributed by atoms with Crippen LogP contribution in [-0.2, 0) is 20.7 Å². The predicted octanol–water partition coefficient (Wildman–Crippen LogP) is 5.81. The van der Waals surface area contributed by atoms with Gasteiger partial charge in [-0.3, -0.25) is 9.59 Å². The molecule has 0 fully saturated rings. The summed E-state index contributed by atoms with van der Waals surface area (Å²) in [4.78, 5) is 42.7. The van der Waals surface area contributed by atoms with Crippen molar-refractivity contribution in [1.82, 2.24) is 15.5 Å². The zero-order chi connectivity index (χ0) is 29.9. The van der Waals surface area contributed by atoms with Crippen molar-refractivity contribution in [3.63, 3.8) is 0 Å². The first-order chi connectivity index (χ1) is 18.9. The van der Waals surface area contributed by atoms with Crippen molar-refractivity contribution >= 4 is 17.9 Å². The Morgan fingerprint density at radius 1 is 1.02 bits per heavy atom. The van der Waals surface area contributed by atoms with E-state index in [0.29, 0.717) is 24.1 Å². The van der Waals surface area contributed by atoms with E-state index in [1.807, 2.05) is 44.2 Å². The molecule has 2 aromatic rings. The molecule has 0 saturated heterocycles. The summed E-state index contributed by atoms with van der Waals surface area (Å²) in [5, 5.41) is 16.0. The van der Waals surface area contributed by atoms with Crippen LogP contribution in [0.3, 0.4) is 0 Å². The van der Waals surface area contributed by atoms with Crippen molar-refractivity contribution in [2.75, 3.05) is 6.54 Å². The Labute approximate surface area is 239 Å². The lowest BCUT2D eigenvalue weighted by Crippen LogP contribution is -2.56. The van der Waals surface area contributed by atoms with Gasteiger partial charge in [-0.05, 0) is 76.3 Å². The summed E-state index contributed by atoms with van der Waals surface area (Å²) in [6.45, 7) is 13.5. The van der Waals surface area contributed by atoms with Crippen molar-refractivity contribution in [2.45, 2.75) is 104 Å². The summed E-state index contributed by atoms with van der Waals surface area (Å²) in [6, 6.07) is 12.1. The summed E-state index contributed by atoms with van der Waals surface area (Å²) >= 11 is 0. The number of rotatable bonds is 13. The molecular weight excluding hydrogens is 506 g/mol. The molecule has 0 saturated carbocycles. The van der Waals surface area contributed by atoms with Crippen LogP contribution in [0.25, 0.3) is 0 Å². The van der Waals surface area contributed by atoms with Gasteiger partial charge in [-0.15, -0.1) is 0 Å². The highest BCUT2D eigenvalue weighted by Gasteiger charge is 2.38. The van der Waals surface area contributed by atoms with E-state index in [-0.39, 0.29) is 30.0 Å². The van der Waals surface area contributed by atoms with Crippen LogP contribution >= 0.6 is 0 Å². The average molecular weight is 554 g/mol. The molecule has 0 aromatic heterocycles. The molecule has 0 aliphatic heterocycles. The smallest absolute Gasteiger partial charge is 0.408 e. The largest absolute Gasteiger partial charge is 0.508 e. The Kier molecular flexibility index (Phi) is 12.5. The molecule has 0 aliphatic rings. The summed E-state index contributed by atoms with van der Waals surface area (Å²) in [7, 11) is 0. The maximum absolute atomic E-state index is 14.4. The fraction of sp³-hybridized carbons (Fsp3) is 0.531. The monoisotopic (exact) mass is 553 g/mol. The highest BCUT2D eigenvalue weighted by molar-refractivity contribution is 5.92. The molecule has 8 nitrogen and oxygen atoms in total. The molecule has 3 atom stereocenters. The zero-order valence-electron chi connectivity index (χ0n) is 25.1. The van der Waals surface area contributed by atoms with Crippen LogP contribution in [0.1, 0.15) is 90.0 Å². The Bertz CT molecular complexity index is 1110. The van der Waals surface area contributed by atoms with E-state index in [1.165, 1.54) is 0 Å². The third kappa shape index (κ3) is 9.88. The molecule has 3 amide bonds. The number of phenolic OH excluding ortho intramolecular Hbond substituents is 1. The Balaban J connectivity index is 2.56. The van der Waals surface area contributed by atoms with Crippen molar-refractivity contribution in [3.05, 3.63) is 65.2 Å². The average Bonchev–Trinajstić information content (AvgIpc) is 2.89. The normalized spacial score (nSPS) is 13.6. The van der Waals surface area contributed by atoms with E-state index < -0.39 is 23.8 Å². The van der Waals surface area contributed by atoms with Gasteiger partial charge < -0.3 is 25.4 Å². The molecule has 0 heterocycles. The first-order valence-electron chi connectivity index (χ1n) is 14.3. The van der Waals surface area contributed by atoms with Gasteiger partial charge in [0.2, 0.25) is 11.8 Å². The number of hydrogen-bond donors (Lipinski definition) is 3. The van der Waals surface area contributed by atoms with E-state index in [9.17, 15) is 19.5 Å². The van der Waals surface area contributed by atoms with Crippen LogP contribution in [-0.4, -0.2) is 52.1 Å². The van der Waals surface area contributed by atoms with Gasteiger partial charge in [0.05, 0.1) is 0 Å². The van der Waals surface area contributed by atoms with Gasteiger partial charge in [-0.1, -0.05) is 63.1 Å².